The van der Waals surface area contributed by atoms with E-state index in [0.29, 0.717) is 29.3 Å². The molecule has 0 bridgehead atoms. The average Bonchev–Trinajstić information content (AvgIpc) is 3.27. The SMILES string of the molecule is COc1ccc(C(Cc2ccc(C(=N)N)cc2)c2nn(-c3ncccn3)c(=O)[nH]2)cc1OCCF. The van der Waals surface area contributed by atoms with Gasteiger partial charge in [0.25, 0.3) is 5.95 Å². The molecule has 0 fully saturated rings. The second-order valence-electron chi connectivity index (χ2n) is 7.59. The number of benzene rings is 2. The summed E-state index contributed by atoms with van der Waals surface area (Å²) in [5.41, 5.74) is 7.39. The van der Waals surface area contributed by atoms with Crippen molar-refractivity contribution in [1.29, 1.82) is 5.41 Å². The Morgan fingerprint density at radius 1 is 1.17 bits per heavy atom. The van der Waals surface area contributed by atoms with Gasteiger partial charge in [0, 0.05) is 23.9 Å². The molecule has 4 aromatic rings. The van der Waals surface area contributed by atoms with Crippen LogP contribution in [0.15, 0.2) is 65.7 Å². The van der Waals surface area contributed by atoms with Crippen molar-refractivity contribution < 1.29 is 13.9 Å². The quantitative estimate of drug-likeness (QED) is 0.235. The van der Waals surface area contributed by atoms with E-state index in [1.54, 1.807) is 30.3 Å². The molecular weight excluding hydrogens is 453 g/mol. The molecule has 0 aliphatic heterocycles. The number of nitrogens with one attached hydrogen (secondary N) is 2. The molecular formula is C24H24FN7O3. The molecule has 0 spiro atoms. The molecule has 0 aliphatic rings. The first-order valence-electron chi connectivity index (χ1n) is 10.8. The fourth-order valence-corrected chi connectivity index (χ4v) is 3.63. The summed E-state index contributed by atoms with van der Waals surface area (Å²) < 4.78 is 24.8. The van der Waals surface area contributed by atoms with Crippen molar-refractivity contribution in [2.24, 2.45) is 5.73 Å². The summed E-state index contributed by atoms with van der Waals surface area (Å²) in [6, 6.07) is 14.2. The first-order chi connectivity index (χ1) is 17.0. The molecule has 2 heterocycles. The van der Waals surface area contributed by atoms with Gasteiger partial charge in [-0.25, -0.2) is 19.2 Å². The van der Waals surface area contributed by atoms with Crippen molar-refractivity contribution in [2.75, 3.05) is 20.4 Å². The molecule has 0 saturated heterocycles. The Bertz CT molecular complexity index is 1350. The number of nitrogen functional groups attached to an aromatic ring is 1. The van der Waals surface area contributed by atoms with Crippen LogP contribution in [0.5, 0.6) is 11.5 Å². The van der Waals surface area contributed by atoms with E-state index in [4.69, 9.17) is 20.6 Å². The topological polar surface area (TPSA) is 145 Å². The highest BCUT2D eigenvalue weighted by molar-refractivity contribution is 5.94. The van der Waals surface area contributed by atoms with Crippen molar-refractivity contribution in [3.05, 3.63) is 93.9 Å². The normalized spacial score (nSPS) is 11.7. The van der Waals surface area contributed by atoms with Crippen molar-refractivity contribution in [3.63, 3.8) is 0 Å². The lowest BCUT2D eigenvalue weighted by molar-refractivity contribution is 0.260. The van der Waals surface area contributed by atoms with Gasteiger partial charge in [-0.3, -0.25) is 10.4 Å². The summed E-state index contributed by atoms with van der Waals surface area (Å²) in [7, 11) is 1.50. The van der Waals surface area contributed by atoms with E-state index in [1.165, 1.54) is 19.5 Å². The number of nitrogens with two attached hydrogens (primary N) is 1. The summed E-state index contributed by atoms with van der Waals surface area (Å²) in [5.74, 6) is 0.945. The van der Waals surface area contributed by atoms with E-state index in [-0.39, 0.29) is 18.4 Å². The predicted octanol–water partition coefficient (Wildman–Crippen LogP) is 2.37. The molecule has 1 atom stereocenters. The maximum Gasteiger partial charge on any atom is 0.350 e. The van der Waals surface area contributed by atoms with Crippen molar-refractivity contribution in [3.8, 4) is 17.4 Å². The van der Waals surface area contributed by atoms with E-state index in [1.807, 2.05) is 18.2 Å². The number of rotatable bonds is 10. The van der Waals surface area contributed by atoms with Crippen LogP contribution in [-0.4, -0.2) is 51.0 Å². The number of ether oxygens (including phenoxy) is 2. The third-order valence-corrected chi connectivity index (χ3v) is 5.34. The highest BCUT2D eigenvalue weighted by Gasteiger charge is 2.23. The number of aromatic nitrogens is 5. The molecule has 4 N–H and O–H groups in total. The number of methoxy groups -OCH3 is 1. The number of hydrogen-bond acceptors (Lipinski definition) is 7. The largest absolute Gasteiger partial charge is 0.493 e. The standard InChI is InChI=1S/C24H24FN7O3/c1-34-19-8-7-17(14-20(19)35-12-9-25)18(13-15-3-5-16(6-4-15)21(26)27)22-30-24(33)32(31-22)23-28-10-2-11-29-23/h2-8,10-11,14,18H,9,12-13H2,1H3,(H3,26,27)(H,30,31,33). The Morgan fingerprint density at radius 3 is 2.57 bits per heavy atom. The van der Waals surface area contributed by atoms with Gasteiger partial charge < -0.3 is 15.2 Å². The zero-order valence-corrected chi connectivity index (χ0v) is 18.9. The second kappa shape index (κ2) is 10.6. The van der Waals surface area contributed by atoms with Crippen molar-refractivity contribution in [2.45, 2.75) is 12.3 Å². The minimum Gasteiger partial charge on any atom is -0.493 e. The number of alkyl halides is 1. The Labute approximate surface area is 200 Å². The molecule has 2 aromatic carbocycles. The zero-order chi connectivity index (χ0) is 24.8. The van der Waals surface area contributed by atoms with Crippen LogP contribution in [0.3, 0.4) is 0 Å². The number of aromatic amines is 1. The van der Waals surface area contributed by atoms with Crippen molar-refractivity contribution >= 4 is 5.84 Å². The Kier molecular flexibility index (Phi) is 7.15. The Morgan fingerprint density at radius 2 is 1.91 bits per heavy atom. The summed E-state index contributed by atoms with van der Waals surface area (Å²) in [6.45, 7) is -0.762. The minimum atomic E-state index is -0.645. The van der Waals surface area contributed by atoms with E-state index in [9.17, 15) is 9.18 Å². The highest BCUT2D eigenvalue weighted by atomic mass is 19.1. The zero-order valence-electron chi connectivity index (χ0n) is 18.9. The van der Waals surface area contributed by atoms with Crippen LogP contribution in [0.25, 0.3) is 5.95 Å². The minimum absolute atomic E-state index is 0.0242. The van der Waals surface area contributed by atoms with Gasteiger partial charge in [0.1, 0.15) is 24.9 Å². The Hall–Kier alpha value is -4.54. The number of nitrogens with zero attached hydrogens (tertiary/aromatic N) is 4. The predicted molar refractivity (Wildman–Crippen MR) is 127 cm³/mol. The van der Waals surface area contributed by atoms with Gasteiger partial charge in [0.2, 0.25) is 0 Å². The summed E-state index contributed by atoms with van der Waals surface area (Å²) in [4.78, 5) is 23.7. The van der Waals surface area contributed by atoms with Gasteiger partial charge in [0.05, 0.1) is 7.11 Å². The van der Waals surface area contributed by atoms with E-state index < -0.39 is 18.3 Å². The first-order valence-corrected chi connectivity index (χ1v) is 10.8. The van der Waals surface area contributed by atoms with Crippen LogP contribution >= 0.6 is 0 Å². The van der Waals surface area contributed by atoms with E-state index in [0.717, 1.165) is 15.8 Å². The van der Waals surface area contributed by atoms with Crippen LogP contribution in [0.4, 0.5) is 4.39 Å². The molecule has 11 heteroatoms. The fourth-order valence-electron chi connectivity index (χ4n) is 3.63. The molecule has 2 aromatic heterocycles. The van der Waals surface area contributed by atoms with Gasteiger partial charge in [-0.2, -0.15) is 0 Å². The third kappa shape index (κ3) is 5.35. The van der Waals surface area contributed by atoms with E-state index in [2.05, 4.69) is 20.1 Å². The monoisotopic (exact) mass is 477 g/mol. The fraction of sp³-hybridized carbons (Fsp3) is 0.208. The lowest BCUT2D eigenvalue weighted by Crippen LogP contribution is -2.18. The molecule has 0 aliphatic carbocycles. The van der Waals surface area contributed by atoms with Gasteiger partial charge >= 0.3 is 5.69 Å². The lowest BCUT2D eigenvalue weighted by Gasteiger charge is -2.18. The van der Waals surface area contributed by atoms with Gasteiger partial charge in [0.15, 0.2) is 11.5 Å². The number of H-pyrrole nitrogens is 1. The van der Waals surface area contributed by atoms with Crippen LogP contribution in [0.1, 0.15) is 28.4 Å². The molecule has 180 valence electrons. The molecule has 4 rings (SSSR count). The maximum absolute atomic E-state index is 12.8. The van der Waals surface area contributed by atoms with Crippen LogP contribution in [0, 0.1) is 5.41 Å². The van der Waals surface area contributed by atoms with Crippen LogP contribution in [0.2, 0.25) is 0 Å². The Balaban J connectivity index is 1.77. The maximum atomic E-state index is 12.8. The molecule has 1 unspecified atom stereocenters. The van der Waals surface area contributed by atoms with Crippen molar-refractivity contribution in [1.82, 2.24) is 24.7 Å². The average molecular weight is 478 g/mol. The molecule has 0 saturated carbocycles. The summed E-state index contributed by atoms with van der Waals surface area (Å²) >= 11 is 0. The number of halogens is 1. The molecule has 0 amide bonds. The smallest absolute Gasteiger partial charge is 0.350 e. The van der Waals surface area contributed by atoms with Gasteiger partial charge in [-0.1, -0.05) is 30.3 Å². The molecule has 0 radical (unpaired) electrons. The van der Waals surface area contributed by atoms with Crippen LogP contribution < -0.4 is 20.9 Å². The third-order valence-electron chi connectivity index (χ3n) is 5.34. The second-order valence-corrected chi connectivity index (χ2v) is 7.59. The van der Waals surface area contributed by atoms with Crippen LogP contribution in [-0.2, 0) is 6.42 Å². The summed E-state index contributed by atoms with van der Waals surface area (Å²) in [5, 5.41) is 12.1. The molecule has 35 heavy (non-hydrogen) atoms. The van der Waals surface area contributed by atoms with Gasteiger partial charge in [-0.15, -0.1) is 9.78 Å². The lowest BCUT2D eigenvalue weighted by atomic mass is 9.90. The summed E-state index contributed by atoms with van der Waals surface area (Å²) in [6.07, 6.45) is 3.50. The first kappa shape index (κ1) is 23.6. The highest BCUT2D eigenvalue weighted by Crippen LogP contribution is 2.34. The van der Waals surface area contributed by atoms with E-state index >= 15 is 0 Å². The number of hydrogen-bond donors (Lipinski definition) is 3. The van der Waals surface area contributed by atoms with Gasteiger partial charge in [-0.05, 0) is 35.7 Å². The molecule has 10 nitrogen and oxygen atoms in total. The number of amidine groups is 1.